The third kappa shape index (κ3) is 6.59. The van der Waals surface area contributed by atoms with E-state index in [1.807, 2.05) is 19.0 Å². The Hall–Kier alpha value is -3.36. The van der Waals surface area contributed by atoms with Crippen LogP contribution >= 0.6 is 11.8 Å². The van der Waals surface area contributed by atoms with Gasteiger partial charge in [0.05, 0.1) is 22.1 Å². The van der Waals surface area contributed by atoms with Crippen LogP contribution in [0.3, 0.4) is 0 Å². The molecule has 1 fully saturated rings. The topological polar surface area (TPSA) is 77.7 Å². The number of ether oxygens (including phenoxy) is 1. The van der Waals surface area contributed by atoms with Crippen molar-refractivity contribution in [3.05, 3.63) is 63.8 Å². The summed E-state index contributed by atoms with van der Waals surface area (Å²) in [6.07, 6.45) is -2.51. The number of amidine groups is 1. The number of hydrogen-bond donors (Lipinski definition) is 1. The van der Waals surface area contributed by atoms with Gasteiger partial charge >= 0.3 is 6.18 Å². The molecule has 0 aliphatic carbocycles. The van der Waals surface area contributed by atoms with Crippen molar-refractivity contribution in [2.75, 3.05) is 27.2 Å². The van der Waals surface area contributed by atoms with E-state index in [0.29, 0.717) is 28.2 Å². The Morgan fingerprint density at radius 1 is 1.21 bits per heavy atom. The van der Waals surface area contributed by atoms with E-state index in [1.165, 1.54) is 18.2 Å². The molecular weight excluding hydrogens is 472 g/mol. The van der Waals surface area contributed by atoms with Crippen LogP contribution in [0.1, 0.15) is 23.1 Å². The molecule has 0 saturated carbocycles. The summed E-state index contributed by atoms with van der Waals surface area (Å²) in [4.78, 5) is 18.8. The van der Waals surface area contributed by atoms with Crippen molar-refractivity contribution in [3.8, 4) is 17.6 Å². The van der Waals surface area contributed by atoms with Crippen molar-refractivity contribution in [2.24, 2.45) is 4.99 Å². The number of thioether (sulfide) groups is 1. The maximum atomic E-state index is 14.6. The normalized spacial score (nSPS) is 16.2. The largest absolute Gasteiger partial charge is 0.454 e. The highest BCUT2D eigenvalue weighted by Gasteiger charge is 2.35. The fourth-order valence-electron chi connectivity index (χ4n) is 2.94. The van der Waals surface area contributed by atoms with E-state index in [2.05, 4.69) is 10.3 Å². The number of aliphatic imine (C=N–C) groups is 1. The third-order valence-corrected chi connectivity index (χ3v) is 5.51. The van der Waals surface area contributed by atoms with Gasteiger partial charge in [0.1, 0.15) is 5.75 Å². The minimum Gasteiger partial charge on any atom is -0.454 e. The second-order valence-corrected chi connectivity index (χ2v) is 8.55. The lowest BCUT2D eigenvalue weighted by molar-refractivity contribution is -0.138. The van der Waals surface area contributed by atoms with Gasteiger partial charge in [0, 0.05) is 6.54 Å². The third-order valence-electron chi connectivity index (χ3n) is 4.56. The number of carbonyl (C=O) groups is 1. The second kappa shape index (κ2) is 10.7. The molecule has 6 nitrogen and oxygen atoms in total. The summed E-state index contributed by atoms with van der Waals surface area (Å²) in [6.45, 7) is 1.41. The zero-order chi connectivity index (χ0) is 24.9. The summed E-state index contributed by atoms with van der Waals surface area (Å²) in [6, 6.07) is 8.03. The summed E-state index contributed by atoms with van der Waals surface area (Å²) in [5.41, 5.74) is -1.06. The van der Waals surface area contributed by atoms with Gasteiger partial charge in [-0.2, -0.15) is 18.4 Å². The molecule has 3 rings (SSSR count). The van der Waals surface area contributed by atoms with E-state index in [9.17, 15) is 22.4 Å². The zero-order valence-corrected chi connectivity index (χ0v) is 19.1. The molecule has 1 aliphatic rings. The number of amides is 1. The van der Waals surface area contributed by atoms with Gasteiger partial charge in [0.2, 0.25) is 0 Å². The van der Waals surface area contributed by atoms with Crippen molar-refractivity contribution in [1.29, 1.82) is 5.26 Å². The molecule has 1 N–H and O–H groups in total. The number of alkyl halides is 3. The minimum absolute atomic E-state index is 0.199. The summed E-state index contributed by atoms with van der Waals surface area (Å²) >= 11 is 1.13. The van der Waals surface area contributed by atoms with Crippen molar-refractivity contribution in [3.63, 3.8) is 0 Å². The lowest BCUT2D eigenvalue weighted by Gasteiger charge is -2.14. The van der Waals surface area contributed by atoms with Gasteiger partial charge in [-0.05, 0) is 80.8 Å². The molecule has 0 radical (unpaired) electrons. The van der Waals surface area contributed by atoms with Crippen LogP contribution in [-0.2, 0) is 11.0 Å². The second-order valence-electron chi connectivity index (χ2n) is 7.52. The quantitative estimate of drug-likeness (QED) is 0.334. The Labute approximate surface area is 197 Å². The number of nitrogens with one attached hydrogen (secondary N) is 1. The van der Waals surface area contributed by atoms with Gasteiger partial charge in [-0.1, -0.05) is 6.07 Å². The first-order valence-corrected chi connectivity index (χ1v) is 10.9. The van der Waals surface area contributed by atoms with Gasteiger partial charge in [-0.25, -0.2) is 4.39 Å². The smallest absolute Gasteiger partial charge is 0.420 e. The van der Waals surface area contributed by atoms with Gasteiger partial charge in [0.15, 0.2) is 16.7 Å². The van der Waals surface area contributed by atoms with Crippen LogP contribution < -0.4 is 10.1 Å². The van der Waals surface area contributed by atoms with Crippen LogP contribution in [0.5, 0.6) is 11.5 Å². The van der Waals surface area contributed by atoms with Crippen molar-refractivity contribution < 1.29 is 27.1 Å². The molecule has 1 heterocycles. The highest BCUT2D eigenvalue weighted by Crippen LogP contribution is 2.39. The lowest BCUT2D eigenvalue weighted by Crippen LogP contribution is -2.20. The van der Waals surface area contributed by atoms with Crippen LogP contribution in [0.15, 0.2) is 46.3 Å². The van der Waals surface area contributed by atoms with Gasteiger partial charge in [-0.15, -0.1) is 0 Å². The van der Waals surface area contributed by atoms with Crippen molar-refractivity contribution in [1.82, 2.24) is 10.2 Å². The van der Waals surface area contributed by atoms with E-state index < -0.39 is 29.1 Å². The van der Waals surface area contributed by atoms with Crippen LogP contribution in [0.2, 0.25) is 0 Å². The van der Waals surface area contributed by atoms with Gasteiger partial charge in [0.25, 0.3) is 5.91 Å². The Balaban J connectivity index is 1.75. The number of benzene rings is 2. The summed E-state index contributed by atoms with van der Waals surface area (Å²) in [5.74, 6) is -2.33. The van der Waals surface area contributed by atoms with Crippen LogP contribution in [-0.4, -0.2) is 43.2 Å². The predicted octanol–water partition coefficient (Wildman–Crippen LogP) is 5.02. The standard InChI is InChI=1S/C23H20F4N4O2S/c1-31(2)9-3-8-29-22-30-21(32)20(34-22)12-14-4-7-19(17(24)11-14)33-18-6-5-15(13-28)10-16(18)23(25,26)27/h4-7,10-12H,3,8-9H2,1-2H3,(H,29,30,32)/b20-12-. The molecule has 1 amide bonds. The molecular formula is C23H20F4N4O2S. The average molecular weight is 492 g/mol. The van der Waals surface area contributed by atoms with Crippen molar-refractivity contribution >= 4 is 28.9 Å². The van der Waals surface area contributed by atoms with E-state index in [1.54, 1.807) is 6.07 Å². The maximum Gasteiger partial charge on any atom is 0.420 e. The molecule has 178 valence electrons. The molecule has 0 aromatic heterocycles. The van der Waals surface area contributed by atoms with E-state index in [-0.39, 0.29) is 11.5 Å². The Kier molecular flexibility index (Phi) is 7.96. The first-order valence-electron chi connectivity index (χ1n) is 10.1. The molecule has 11 heteroatoms. The fraction of sp³-hybridized carbons (Fsp3) is 0.261. The van der Waals surface area contributed by atoms with Gasteiger partial charge in [-0.3, -0.25) is 9.79 Å². The molecule has 0 spiro atoms. The van der Waals surface area contributed by atoms with Crippen LogP contribution in [0.25, 0.3) is 6.08 Å². The SMILES string of the molecule is CN(C)CCCN=C1NC(=O)/C(=C/c2ccc(Oc3ccc(C#N)cc3C(F)(F)F)c(F)c2)S1. The molecule has 1 saturated heterocycles. The lowest BCUT2D eigenvalue weighted by atomic mass is 10.1. The average Bonchev–Trinajstić information content (AvgIpc) is 3.11. The number of halogens is 4. The van der Waals surface area contributed by atoms with E-state index in [0.717, 1.165) is 42.9 Å². The number of hydrogen-bond acceptors (Lipinski definition) is 6. The maximum absolute atomic E-state index is 14.6. The summed E-state index contributed by atoms with van der Waals surface area (Å²) in [7, 11) is 3.91. The summed E-state index contributed by atoms with van der Waals surface area (Å²) in [5, 5.41) is 11.9. The predicted molar refractivity (Wildman–Crippen MR) is 122 cm³/mol. The molecule has 1 aliphatic heterocycles. The van der Waals surface area contributed by atoms with Crippen molar-refractivity contribution in [2.45, 2.75) is 12.6 Å². The Bertz CT molecular complexity index is 1190. The number of rotatable bonds is 7. The van der Waals surface area contributed by atoms with Crippen LogP contribution in [0, 0.1) is 17.1 Å². The summed E-state index contributed by atoms with van der Waals surface area (Å²) < 4.78 is 59.7. The van der Waals surface area contributed by atoms with Gasteiger partial charge < -0.3 is 15.0 Å². The molecule has 2 aromatic carbocycles. The molecule has 34 heavy (non-hydrogen) atoms. The first-order chi connectivity index (χ1) is 16.1. The van der Waals surface area contributed by atoms with E-state index >= 15 is 0 Å². The number of nitriles is 1. The van der Waals surface area contributed by atoms with Crippen LogP contribution in [0.4, 0.5) is 17.6 Å². The monoisotopic (exact) mass is 492 g/mol. The van der Waals surface area contributed by atoms with E-state index in [4.69, 9.17) is 10.00 Å². The molecule has 0 unspecified atom stereocenters. The Morgan fingerprint density at radius 3 is 2.59 bits per heavy atom. The zero-order valence-electron chi connectivity index (χ0n) is 18.2. The highest BCUT2D eigenvalue weighted by atomic mass is 32.2. The number of nitrogens with zero attached hydrogens (tertiary/aromatic N) is 3. The first kappa shape index (κ1) is 25.3. The molecule has 2 aromatic rings. The molecule has 0 atom stereocenters. The number of carbonyl (C=O) groups excluding carboxylic acids is 1. The molecule has 0 bridgehead atoms. The highest BCUT2D eigenvalue weighted by molar-refractivity contribution is 8.18. The minimum atomic E-state index is -4.79. The Morgan fingerprint density at radius 2 is 1.94 bits per heavy atom. The fourth-order valence-corrected chi connectivity index (χ4v) is 3.79.